The maximum absolute atomic E-state index is 12.3. The maximum atomic E-state index is 12.3. The number of hydrogen-bond acceptors (Lipinski definition) is 2. The van der Waals surface area contributed by atoms with Crippen molar-refractivity contribution in [1.29, 1.82) is 0 Å². The van der Waals surface area contributed by atoms with E-state index in [-0.39, 0.29) is 18.0 Å². The van der Waals surface area contributed by atoms with E-state index >= 15 is 0 Å². The lowest BCUT2D eigenvalue weighted by Crippen LogP contribution is -2.26. The van der Waals surface area contributed by atoms with Gasteiger partial charge in [0.1, 0.15) is 6.10 Å². The number of hydrogen-bond donors (Lipinski definition) is 0. The fourth-order valence-corrected chi connectivity index (χ4v) is 2.58. The Labute approximate surface area is 120 Å². The van der Waals surface area contributed by atoms with Crippen LogP contribution in [0.2, 0.25) is 0 Å². The van der Waals surface area contributed by atoms with E-state index in [1.807, 2.05) is 0 Å². The van der Waals surface area contributed by atoms with Gasteiger partial charge in [0.15, 0.2) is 0 Å². The van der Waals surface area contributed by atoms with Gasteiger partial charge in [-0.1, -0.05) is 54.4 Å². The quantitative estimate of drug-likeness (QED) is 0.510. The minimum atomic E-state index is 0.0370. The smallest absolute Gasteiger partial charge is 0.309 e. The number of rotatable bonds is 10. The highest BCUT2D eigenvalue weighted by Gasteiger charge is 2.23. The highest BCUT2D eigenvalue weighted by molar-refractivity contribution is 5.72. The molecule has 0 aromatic carbocycles. The van der Waals surface area contributed by atoms with Crippen molar-refractivity contribution in [3.63, 3.8) is 0 Å². The summed E-state index contributed by atoms with van der Waals surface area (Å²) in [7, 11) is 0. The van der Waals surface area contributed by atoms with Crippen LogP contribution in [0.25, 0.3) is 0 Å². The SMILES string of the molecule is CCCC(CCC)C(=O)OC(CC(C)C)CC(C)C. The molecule has 0 aromatic rings. The van der Waals surface area contributed by atoms with Crippen molar-refractivity contribution in [3.05, 3.63) is 0 Å². The predicted octanol–water partition coefficient (Wildman–Crippen LogP) is 5.21. The molecule has 2 nitrogen and oxygen atoms in total. The molecule has 2 heteroatoms. The highest BCUT2D eigenvalue weighted by Crippen LogP contribution is 2.21. The molecule has 0 radical (unpaired) electrons. The Morgan fingerprint density at radius 3 is 1.63 bits per heavy atom. The molecule has 0 spiro atoms. The molecule has 0 rings (SSSR count). The van der Waals surface area contributed by atoms with Gasteiger partial charge < -0.3 is 4.74 Å². The van der Waals surface area contributed by atoms with E-state index in [0.29, 0.717) is 11.8 Å². The van der Waals surface area contributed by atoms with Crippen molar-refractivity contribution in [2.45, 2.75) is 86.2 Å². The second-order valence-electron chi connectivity index (χ2n) is 6.59. The van der Waals surface area contributed by atoms with Gasteiger partial charge in [-0.2, -0.15) is 0 Å². The average molecular weight is 270 g/mol. The zero-order valence-corrected chi connectivity index (χ0v) is 13.9. The van der Waals surface area contributed by atoms with Crippen LogP contribution >= 0.6 is 0 Å². The second-order valence-corrected chi connectivity index (χ2v) is 6.59. The standard InChI is InChI=1S/C17H34O2/c1-7-9-15(10-8-2)17(18)19-16(11-13(3)4)12-14(5)6/h13-16H,7-12H2,1-6H3. The molecule has 114 valence electrons. The molecule has 0 amide bonds. The topological polar surface area (TPSA) is 26.3 Å². The third-order valence-electron chi connectivity index (χ3n) is 3.36. The first kappa shape index (κ1) is 18.5. The Morgan fingerprint density at radius 2 is 1.32 bits per heavy atom. The Bertz CT molecular complexity index is 217. The van der Waals surface area contributed by atoms with Crippen molar-refractivity contribution in [2.75, 3.05) is 0 Å². The van der Waals surface area contributed by atoms with E-state index in [0.717, 1.165) is 38.5 Å². The van der Waals surface area contributed by atoms with Crippen molar-refractivity contribution in [2.24, 2.45) is 17.8 Å². The van der Waals surface area contributed by atoms with E-state index in [1.165, 1.54) is 0 Å². The van der Waals surface area contributed by atoms with Gasteiger partial charge in [-0.15, -0.1) is 0 Å². The molecule has 0 heterocycles. The number of esters is 1. The normalized spacial score (nSPS) is 11.9. The summed E-state index contributed by atoms with van der Waals surface area (Å²) in [6.45, 7) is 13.0. The van der Waals surface area contributed by atoms with Crippen LogP contribution in [0.1, 0.15) is 80.1 Å². The van der Waals surface area contributed by atoms with Crippen LogP contribution in [0.3, 0.4) is 0 Å². The predicted molar refractivity (Wildman–Crippen MR) is 82.1 cm³/mol. The molecule has 0 atom stereocenters. The summed E-state index contributed by atoms with van der Waals surface area (Å²) in [6.07, 6.45) is 6.09. The highest BCUT2D eigenvalue weighted by atomic mass is 16.5. The van der Waals surface area contributed by atoms with Gasteiger partial charge in [0.25, 0.3) is 0 Å². The number of carbonyl (C=O) groups excluding carboxylic acids is 1. The minimum Gasteiger partial charge on any atom is -0.462 e. The van der Waals surface area contributed by atoms with Crippen LogP contribution in [0, 0.1) is 17.8 Å². The lowest BCUT2D eigenvalue weighted by atomic mass is 9.96. The van der Waals surface area contributed by atoms with E-state index in [1.54, 1.807) is 0 Å². The third-order valence-corrected chi connectivity index (χ3v) is 3.36. The zero-order valence-electron chi connectivity index (χ0n) is 13.9. The molecular formula is C17H34O2. The molecule has 0 bridgehead atoms. The van der Waals surface area contributed by atoms with Gasteiger partial charge >= 0.3 is 5.97 Å². The molecule has 19 heavy (non-hydrogen) atoms. The molecular weight excluding hydrogens is 236 g/mol. The summed E-state index contributed by atoms with van der Waals surface area (Å²) in [5.74, 6) is 1.30. The Balaban J connectivity index is 4.47. The van der Waals surface area contributed by atoms with Gasteiger partial charge in [-0.05, 0) is 37.5 Å². The molecule has 0 aliphatic heterocycles. The van der Waals surface area contributed by atoms with Crippen molar-refractivity contribution in [3.8, 4) is 0 Å². The van der Waals surface area contributed by atoms with Crippen LogP contribution in [0.4, 0.5) is 0 Å². The summed E-state index contributed by atoms with van der Waals surface area (Å²) < 4.78 is 5.80. The number of ether oxygens (including phenoxy) is 1. The summed E-state index contributed by atoms with van der Waals surface area (Å²) in [5, 5.41) is 0. The van der Waals surface area contributed by atoms with Gasteiger partial charge in [-0.3, -0.25) is 4.79 Å². The van der Waals surface area contributed by atoms with Gasteiger partial charge in [0.2, 0.25) is 0 Å². The minimum absolute atomic E-state index is 0.0370. The van der Waals surface area contributed by atoms with E-state index in [4.69, 9.17) is 4.74 Å². The lowest BCUT2D eigenvalue weighted by molar-refractivity contribution is -0.156. The number of carbonyl (C=O) groups is 1. The second kappa shape index (κ2) is 10.3. The van der Waals surface area contributed by atoms with Crippen LogP contribution in [-0.2, 0) is 9.53 Å². The molecule has 0 N–H and O–H groups in total. The van der Waals surface area contributed by atoms with Gasteiger partial charge in [0.05, 0.1) is 5.92 Å². The van der Waals surface area contributed by atoms with E-state index in [2.05, 4.69) is 41.5 Å². The first-order valence-electron chi connectivity index (χ1n) is 8.11. The molecule has 0 aromatic heterocycles. The van der Waals surface area contributed by atoms with Crippen LogP contribution < -0.4 is 0 Å². The van der Waals surface area contributed by atoms with Crippen LogP contribution in [0.5, 0.6) is 0 Å². The monoisotopic (exact) mass is 270 g/mol. The van der Waals surface area contributed by atoms with Crippen LogP contribution in [0.15, 0.2) is 0 Å². The summed E-state index contributed by atoms with van der Waals surface area (Å²) in [6, 6.07) is 0. The Kier molecular flexibility index (Phi) is 9.99. The zero-order chi connectivity index (χ0) is 14.8. The van der Waals surface area contributed by atoms with E-state index < -0.39 is 0 Å². The maximum Gasteiger partial charge on any atom is 0.309 e. The van der Waals surface area contributed by atoms with Crippen molar-refractivity contribution >= 4 is 5.97 Å². The molecule has 0 unspecified atom stereocenters. The molecule has 0 saturated carbocycles. The largest absolute Gasteiger partial charge is 0.462 e. The first-order chi connectivity index (χ1) is 8.90. The molecule has 0 aliphatic carbocycles. The fourth-order valence-electron chi connectivity index (χ4n) is 2.58. The van der Waals surface area contributed by atoms with Crippen molar-refractivity contribution in [1.82, 2.24) is 0 Å². The molecule has 0 aliphatic rings. The Hall–Kier alpha value is -0.530. The first-order valence-corrected chi connectivity index (χ1v) is 8.11. The van der Waals surface area contributed by atoms with Gasteiger partial charge in [-0.25, -0.2) is 0 Å². The Morgan fingerprint density at radius 1 is 0.895 bits per heavy atom. The summed E-state index contributed by atoms with van der Waals surface area (Å²) >= 11 is 0. The van der Waals surface area contributed by atoms with E-state index in [9.17, 15) is 4.79 Å². The van der Waals surface area contributed by atoms with Crippen molar-refractivity contribution < 1.29 is 9.53 Å². The third kappa shape index (κ3) is 9.07. The lowest BCUT2D eigenvalue weighted by Gasteiger charge is -2.24. The van der Waals surface area contributed by atoms with Gasteiger partial charge in [0, 0.05) is 0 Å². The summed E-state index contributed by atoms with van der Waals surface area (Å²) in [5.41, 5.74) is 0. The fraction of sp³-hybridized carbons (Fsp3) is 0.941. The summed E-state index contributed by atoms with van der Waals surface area (Å²) in [4.78, 5) is 12.3. The van der Waals surface area contributed by atoms with Crippen LogP contribution in [-0.4, -0.2) is 12.1 Å². The molecule has 0 saturated heterocycles. The average Bonchev–Trinajstić information content (AvgIpc) is 2.26. The molecule has 0 fully saturated rings.